The fourth-order valence-electron chi connectivity index (χ4n) is 6.01. The van der Waals surface area contributed by atoms with Crippen LogP contribution in [0.1, 0.15) is 62.0 Å². The third-order valence-electron chi connectivity index (χ3n) is 7.77. The van der Waals surface area contributed by atoms with Gasteiger partial charge in [0.15, 0.2) is 0 Å². The molecule has 0 aromatic heterocycles. The number of hydrogen-bond donors (Lipinski definition) is 2. The van der Waals surface area contributed by atoms with E-state index in [9.17, 15) is 19.5 Å². The molecule has 1 saturated carbocycles. The predicted octanol–water partition coefficient (Wildman–Crippen LogP) is 4.55. The number of nitrogens with one attached hydrogen (secondary N) is 1. The molecular weight excluding hydrogens is 444 g/mol. The second-order valence-corrected chi connectivity index (χ2v) is 9.91. The quantitative estimate of drug-likeness (QED) is 0.660. The summed E-state index contributed by atoms with van der Waals surface area (Å²) in [7, 11) is 0. The summed E-state index contributed by atoms with van der Waals surface area (Å²) in [6, 6.07) is 15.5. The third-order valence-corrected chi connectivity index (χ3v) is 7.77. The van der Waals surface area contributed by atoms with Crippen LogP contribution in [0.2, 0.25) is 0 Å². The van der Waals surface area contributed by atoms with Gasteiger partial charge in [-0.2, -0.15) is 0 Å². The van der Waals surface area contributed by atoms with Gasteiger partial charge in [0.2, 0.25) is 5.91 Å². The molecule has 0 spiro atoms. The molecule has 1 saturated heterocycles. The average molecular weight is 477 g/mol. The smallest absolute Gasteiger partial charge is 0.407 e. The van der Waals surface area contributed by atoms with E-state index in [0.717, 1.165) is 19.3 Å². The first-order chi connectivity index (χ1) is 17.0. The van der Waals surface area contributed by atoms with Gasteiger partial charge in [-0.15, -0.1) is 0 Å². The number of carboxylic acid groups (broad SMARTS) is 1. The van der Waals surface area contributed by atoms with Gasteiger partial charge in [0.05, 0.1) is 0 Å². The Morgan fingerprint density at radius 3 is 2.29 bits per heavy atom. The minimum Gasteiger partial charge on any atom is -0.480 e. The largest absolute Gasteiger partial charge is 0.480 e. The average Bonchev–Trinajstić information content (AvgIpc) is 3.35. The number of hydrogen-bond acceptors (Lipinski definition) is 4. The molecule has 3 atom stereocenters. The first-order valence-electron chi connectivity index (χ1n) is 12.7. The van der Waals surface area contributed by atoms with Gasteiger partial charge in [0, 0.05) is 24.4 Å². The molecule has 2 aromatic rings. The minimum atomic E-state index is -0.924. The van der Waals surface area contributed by atoms with Crippen LogP contribution in [0.4, 0.5) is 4.79 Å². The van der Waals surface area contributed by atoms with Crippen molar-refractivity contribution in [1.82, 2.24) is 10.2 Å². The maximum Gasteiger partial charge on any atom is 0.407 e. The SMILES string of the molecule is O=C(N[C@H]1CC[C@@H](C(=O)N2CCCCCC2C(=O)O)C1)OCC1c2ccccc2-c2ccccc21. The number of alkyl carbamates (subject to hydrolysis) is 1. The molecule has 0 radical (unpaired) electrons. The van der Waals surface area contributed by atoms with Crippen molar-refractivity contribution in [3.8, 4) is 11.1 Å². The molecule has 5 rings (SSSR count). The van der Waals surface area contributed by atoms with Gasteiger partial charge in [-0.25, -0.2) is 9.59 Å². The number of carbonyl (C=O) groups is 3. The van der Waals surface area contributed by atoms with Crippen molar-refractivity contribution in [2.75, 3.05) is 13.2 Å². The first kappa shape index (κ1) is 23.4. The van der Waals surface area contributed by atoms with E-state index in [0.29, 0.717) is 32.2 Å². The standard InChI is InChI=1S/C28H32N2O5/c31-26(30-15-7-1-2-12-25(30)27(32)33)18-13-14-19(16-18)29-28(34)35-17-24-22-10-5-3-8-20(22)21-9-4-6-11-23(21)24/h3-6,8-11,18-19,24-25H,1-2,7,12-17H2,(H,29,34)(H,32,33)/t18-,19+,25?/m1/s1. The molecule has 35 heavy (non-hydrogen) atoms. The van der Waals surface area contributed by atoms with Crippen molar-refractivity contribution in [3.05, 3.63) is 59.7 Å². The van der Waals surface area contributed by atoms with Crippen LogP contribution < -0.4 is 5.32 Å². The Bertz CT molecular complexity index is 1070. The van der Waals surface area contributed by atoms with Crippen LogP contribution >= 0.6 is 0 Å². The minimum absolute atomic E-state index is 0.00189. The van der Waals surface area contributed by atoms with Crippen molar-refractivity contribution in [1.29, 1.82) is 0 Å². The summed E-state index contributed by atoms with van der Waals surface area (Å²) in [5.74, 6) is -1.27. The van der Waals surface area contributed by atoms with Gasteiger partial charge in [0.25, 0.3) is 0 Å². The number of fused-ring (bicyclic) bond motifs is 3. The van der Waals surface area contributed by atoms with Gasteiger partial charge >= 0.3 is 12.1 Å². The summed E-state index contributed by atoms with van der Waals surface area (Å²) in [4.78, 5) is 39.1. The molecule has 7 nitrogen and oxygen atoms in total. The van der Waals surface area contributed by atoms with Gasteiger partial charge in [-0.3, -0.25) is 4.79 Å². The first-order valence-corrected chi connectivity index (χ1v) is 12.7. The lowest BCUT2D eigenvalue weighted by atomic mass is 9.98. The highest BCUT2D eigenvalue weighted by atomic mass is 16.5. The summed E-state index contributed by atoms with van der Waals surface area (Å²) < 4.78 is 5.66. The van der Waals surface area contributed by atoms with Crippen molar-refractivity contribution in [2.24, 2.45) is 5.92 Å². The zero-order chi connectivity index (χ0) is 24.4. The Labute approximate surface area is 205 Å². The molecule has 2 aliphatic carbocycles. The number of nitrogens with zero attached hydrogens (tertiary/aromatic N) is 1. The van der Waals surface area contributed by atoms with E-state index >= 15 is 0 Å². The highest BCUT2D eigenvalue weighted by Gasteiger charge is 2.38. The number of rotatable bonds is 5. The Kier molecular flexibility index (Phi) is 6.75. The Hall–Kier alpha value is -3.35. The lowest BCUT2D eigenvalue weighted by Gasteiger charge is -2.29. The van der Waals surface area contributed by atoms with Crippen molar-refractivity contribution < 1.29 is 24.2 Å². The van der Waals surface area contributed by atoms with Crippen LogP contribution in [0.3, 0.4) is 0 Å². The van der Waals surface area contributed by atoms with E-state index < -0.39 is 18.1 Å². The molecule has 2 fully saturated rings. The lowest BCUT2D eigenvalue weighted by Crippen LogP contribution is -2.47. The molecule has 2 aromatic carbocycles. The summed E-state index contributed by atoms with van der Waals surface area (Å²) in [6.45, 7) is 0.750. The molecule has 0 bridgehead atoms. The summed E-state index contributed by atoms with van der Waals surface area (Å²) in [6.07, 6.45) is 4.51. The van der Waals surface area contributed by atoms with Gasteiger partial charge < -0.3 is 20.1 Å². The predicted molar refractivity (Wildman–Crippen MR) is 131 cm³/mol. The highest BCUT2D eigenvalue weighted by Crippen LogP contribution is 2.44. The van der Waals surface area contributed by atoms with Crippen LogP contribution in [-0.4, -0.2) is 53.2 Å². The van der Waals surface area contributed by atoms with E-state index in [-0.39, 0.29) is 30.4 Å². The van der Waals surface area contributed by atoms with Crippen LogP contribution in [-0.2, 0) is 14.3 Å². The van der Waals surface area contributed by atoms with Gasteiger partial charge in [-0.05, 0) is 54.4 Å². The fraction of sp³-hybridized carbons (Fsp3) is 0.464. The van der Waals surface area contributed by atoms with Crippen molar-refractivity contribution >= 4 is 18.0 Å². The normalized spacial score (nSPS) is 23.8. The van der Waals surface area contributed by atoms with E-state index in [1.165, 1.54) is 22.3 Å². The molecule has 1 aliphatic heterocycles. The molecule has 1 heterocycles. The zero-order valence-corrected chi connectivity index (χ0v) is 19.8. The molecule has 2 N–H and O–H groups in total. The Morgan fingerprint density at radius 2 is 1.60 bits per heavy atom. The van der Waals surface area contributed by atoms with Crippen LogP contribution in [0.15, 0.2) is 48.5 Å². The Balaban J connectivity index is 1.16. The second kappa shape index (κ2) is 10.1. The monoisotopic (exact) mass is 476 g/mol. The number of amides is 2. The Morgan fingerprint density at radius 1 is 0.914 bits per heavy atom. The zero-order valence-electron chi connectivity index (χ0n) is 19.8. The highest BCUT2D eigenvalue weighted by molar-refractivity contribution is 5.85. The number of carbonyl (C=O) groups excluding carboxylic acids is 2. The molecule has 184 valence electrons. The maximum atomic E-state index is 13.2. The van der Waals surface area contributed by atoms with E-state index in [1.54, 1.807) is 4.90 Å². The van der Waals surface area contributed by atoms with E-state index in [1.807, 2.05) is 24.3 Å². The maximum absolute atomic E-state index is 13.2. The number of carboxylic acids is 1. The number of aliphatic carboxylic acids is 1. The summed E-state index contributed by atoms with van der Waals surface area (Å²) in [5, 5.41) is 12.5. The molecule has 7 heteroatoms. The van der Waals surface area contributed by atoms with Gasteiger partial charge in [-0.1, -0.05) is 61.4 Å². The van der Waals surface area contributed by atoms with Crippen LogP contribution in [0.25, 0.3) is 11.1 Å². The number of benzene rings is 2. The van der Waals surface area contributed by atoms with E-state index in [2.05, 4.69) is 29.6 Å². The topological polar surface area (TPSA) is 95.9 Å². The lowest BCUT2D eigenvalue weighted by molar-refractivity contribution is -0.152. The van der Waals surface area contributed by atoms with Crippen molar-refractivity contribution in [3.63, 3.8) is 0 Å². The van der Waals surface area contributed by atoms with Gasteiger partial charge in [0.1, 0.15) is 12.6 Å². The fourth-order valence-corrected chi connectivity index (χ4v) is 6.01. The van der Waals surface area contributed by atoms with Crippen molar-refractivity contribution in [2.45, 2.75) is 62.9 Å². The second-order valence-electron chi connectivity index (χ2n) is 9.91. The molecule has 2 amide bonds. The summed E-state index contributed by atoms with van der Waals surface area (Å²) >= 11 is 0. The van der Waals surface area contributed by atoms with Crippen LogP contribution in [0, 0.1) is 5.92 Å². The number of likely N-dealkylation sites (tertiary alicyclic amines) is 1. The molecule has 1 unspecified atom stereocenters. The number of ether oxygens (including phenoxy) is 1. The molecular formula is C28H32N2O5. The molecule has 3 aliphatic rings. The van der Waals surface area contributed by atoms with E-state index in [4.69, 9.17) is 4.74 Å². The van der Waals surface area contributed by atoms with Crippen LogP contribution in [0.5, 0.6) is 0 Å². The summed E-state index contributed by atoms with van der Waals surface area (Å²) in [5.41, 5.74) is 4.70. The third kappa shape index (κ3) is 4.77.